The molecule has 0 aliphatic rings. The minimum Gasteiger partial charge on any atom is -0.467 e. The largest absolute Gasteiger partial charge is 0.467 e. The number of hydrogen-bond donors (Lipinski definition) is 1. The highest BCUT2D eigenvalue weighted by Gasteiger charge is 2.29. The first kappa shape index (κ1) is 15.5. The number of azide groups is 1. The van der Waals surface area contributed by atoms with Crippen molar-refractivity contribution in [2.24, 2.45) is 10.8 Å². The number of methoxy groups -OCH3 is 2. The number of carbonyl (C=O) groups excluding carboxylic acids is 2. The van der Waals surface area contributed by atoms with E-state index in [0.717, 1.165) is 0 Å². The molecular weight excluding hydrogens is 264 g/mol. The number of nitrogens with zero attached hydrogens (tertiary/aromatic N) is 3. The maximum absolute atomic E-state index is 11.6. The van der Waals surface area contributed by atoms with Crippen molar-refractivity contribution in [2.75, 3.05) is 14.2 Å². The molecule has 0 spiro atoms. The molecule has 0 saturated carbocycles. The highest BCUT2D eigenvalue weighted by atomic mass is 16.6. The van der Waals surface area contributed by atoms with Gasteiger partial charge in [0, 0.05) is 17.6 Å². The number of benzene rings is 1. The fourth-order valence-electron chi connectivity index (χ4n) is 1.67. The molecule has 0 heterocycles. The lowest BCUT2D eigenvalue weighted by atomic mass is 10.0. The van der Waals surface area contributed by atoms with Crippen LogP contribution in [-0.4, -0.2) is 32.2 Å². The molecule has 0 fully saturated rings. The lowest BCUT2D eigenvalue weighted by Crippen LogP contribution is -2.30. The second-order valence-electron chi connectivity index (χ2n) is 3.82. The SMILES string of the molecule is COC(=O)[C@@H](OC)[C@@H](N=[N+]=[N-])c1ccc(C(N)=O)cc1. The zero-order valence-electron chi connectivity index (χ0n) is 11.0. The first-order valence-electron chi connectivity index (χ1n) is 5.59. The maximum Gasteiger partial charge on any atom is 0.335 e. The summed E-state index contributed by atoms with van der Waals surface area (Å²) in [4.78, 5) is 25.3. The predicted octanol–water partition coefficient (Wildman–Crippen LogP) is 1.32. The molecular formula is C12H14N4O4. The summed E-state index contributed by atoms with van der Waals surface area (Å²) < 4.78 is 9.61. The van der Waals surface area contributed by atoms with Crippen molar-refractivity contribution < 1.29 is 19.1 Å². The van der Waals surface area contributed by atoms with Gasteiger partial charge >= 0.3 is 5.97 Å². The zero-order chi connectivity index (χ0) is 15.1. The van der Waals surface area contributed by atoms with Crippen LogP contribution in [0.15, 0.2) is 29.4 Å². The van der Waals surface area contributed by atoms with Crippen LogP contribution in [0, 0.1) is 0 Å². The molecule has 1 aromatic carbocycles. The quantitative estimate of drug-likeness (QED) is 0.364. The highest BCUT2D eigenvalue weighted by Crippen LogP contribution is 2.25. The van der Waals surface area contributed by atoms with E-state index in [2.05, 4.69) is 14.8 Å². The molecule has 0 saturated heterocycles. The second kappa shape index (κ2) is 7.13. The molecule has 1 aromatic rings. The van der Waals surface area contributed by atoms with Crippen molar-refractivity contribution in [3.8, 4) is 0 Å². The Hall–Kier alpha value is -2.57. The average molecular weight is 278 g/mol. The Morgan fingerprint density at radius 3 is 2.30 bits per heavy atom. The minimum absolute atomic E-state index is 0.306. The minimum atomic E-state index is -1.07. The molecule has 1 rings (SSSR count). The number of ether oxygens (including phenoxy) is 2. The summed E-state index contributed by atoms with van der Waals surface area (Å²) >= 11 is 0. The molecule has 2 N–H and O–H groups in total. The molecule has 0 aliphatic carbocycles. The van der Waals surface area contributed by atoms with Crippen molar-refractivity contribution in [3.05, 3.63) is 45.8 Å². The van der Waals surface area contributed by atoms with Crippen molar-refractivity contribution in [1.29, 1.82) is 0 Å². The number of amides is 1. The molecule has 0 aromatic heterocycles. The molecule has 2 atom stereocenters. The topological polar surface area (TPSA) is 127 Å². The summed E-state index contributed by atoms with van der Waals surface area (Å²) in [6.45, 7) is 0. The lowest BCUT2D eigenvalue weighted by molar-refractivity contribution is -0.153. The van der Waals surface area contributed by atoms with E-state index in [4.69, 9.17) is 16.0 Å². The Morgan fingerprint density at radius 1 is 1.30 bits per heavy atom. The number of carbonyl (C=O) groups is 2. The molecule has 0 aliphatic heterocycles. The molecule has 106 valence electrons. The first-order valence-corrected chi connectivity index (χ1v) is 5.59. The Balaban J connectivity index is 3.15. The number of hydrogen-bond acceptors (Lipinski definition) is 5. The smallest absolute Gasteiger partial charge is 0.335 e. The third kappa shape index (κ3) is 3.47. The number of rotatable bonds is 6. The summed E-state index contributed by atoms with van der Waals surface area (Å²) in [7, 11) is 2.51. The molecule has 1 amide bonds. The second-order valence-corrected chi connectivity index (χ2v) is 3.82. The first-order chi connectivity index (χ1) is 9.54. The molecule has 0 radical (unpaired) electrons. The van der Waals surface area contributed by atoms with Crippen LogP contribution in [0.25, 0.3) is 10.4 Å². The Kier molecular flexibility index (Phi) is 5.52. The van der Waals surface area contributed by atoms with Gasteiger partial charge in [-0.3, -0.25) is 4.79 Å². The summed E-state index contributed by atoms with van der Waals surface area (Å²) in [6, 6.07) is 5.12. The third-order valence-electron chi connectivity index (χ3n) is 2.69. The van der Waals surface area contributed by atoms with Crippen LogP contribution in [0.1, 0.15) is 22.0 Å². The summed E-state index contributed by atoms with van der Waals surface area (Å²) in [5.74, 6) is -1.24. The fourth-order valence-corrected chi connectivity index (χ4v) is 1.67. The monoisotopic (exact) mass is 278 g/mol. The van der Waals surface area contributed by atoms with Crippen LogP contribution in [0.4, 0.5) is 0 Å². The Morgan fingerprint density at radius 2 is 1.90 bits per heavy atom. The maximum atomic E-state index is 11.6. The van der Waals surface area contributed by atoms with Crippen molar-refractivity contribution in [1.82, 2.24) is 0 Å². The van der Waals surface area contributed by atoms with E-state index in [1.54, 1.807) is 0 Å². The van der Waals surface area contributed by atoms with Gasteiger partial charge < -0.3 is 15.2 Å². The number of primary amides is 1. The molecule has 0 bridgehead atoms. The molecule has 20 heavy (non-hydrogen) atoms. The standard InChI is InChI=1S/C12H14N4O4/c1-19-10(12(18)20-2)9(15-16-14)7-3-5-8(6-4-7)11(13)17/h3-6,9-10H,1-2H3,(H2,13,17)/t9-,10-/m0/s1. The summed E-state index contributed by atoms with van der Waals surface area (Å²) in [5.41, 5.74) is 14.6. The van der Waals surface area contributed by atoms with Gasteiger partial charge in [0.25, 0.3) is 0 Å². The van der Waals surface area contributed by atoms with E-state index < -0.39 is 24.0 Å². The van der Waals surface area contributed by atoms with Gasteiger partial charge in [0.05, 0.1) is 13.2 Å². The fraction of sp³-hybridized carbons (Fsp3) is 0.333. The van der Waals surface area contributed by atoms with Gasteiger partial charge in [-0.2, -0.15) is 0 Å². The van der Waals surface area contributed by atoms with Crippen molar-refractivity contribution in [2.45, 2.75) is 12.1 Å². The number of esters is 1. The van der Waals surface area contributed by atoms with Crippen molar-refractivity contribution in [3.63, 3.8) is 0 Å². The summed E-state index contributed by atoms with van der Waals surface area (Å²) in [5, 5.41) is 3.55. The van der Waals surface area contributed by atoms with E-state index in [9.17, 15) is 9.59 Å². The van der Waals surface area contributed by atoms with Crippen LogP contribution in [0.5, 0.6) is 0 Å². The molecule has 8 heteroatoms. The van der Waals surface area contributed by atoms with Gasteiger partial charge in [0.1, 0.15) is 0 Å². The molecule has 8 nitrogen and oxygen atoms in total. The van der Waals surface area contributed by atoms with Gasteiger partial charge in [0.2, 0.25) is 5.91 Å². The van der Waals surface area contributed by atoms with Gasteiger partial charge in [-0.15, -0.1) is 0 Å². The van der Waals surface area contributed by atoms with Gasteiger partial charge in [0.15, 0.2) is 6.10 Å². The highest BCUT2D eigenvalue weighted by molar-refractivity contribution is 5.92. The number of nitrogens with two attached hydrogens (primary N) is 1. The zero-order valence-corrected chi connectivity index (χ0v) is 11.0. The van der Waals surface area contributed by atoms with E-state index in [-0.39, 0.29) is 0 Å². The Labute approximate surface area is 115 Å². The van der Waals surface area contributed by atoms with Crippen LogP contribution in [-0.2, 0) is 14.3 Å². The van der Waals surface area contributed by atoms with Gasteiger partial charge in [-0.1, -0.05) is 17.2 Å². The Bertz CT molecular complexity index is 537. The third-order valence-corrected chi connectivity index (χ3v) is 2.69. The average Bonchev–Trinajstić information content (AvgIpc) is 2.46. The van der Waals surface area contributed by atoms with Crippen LogP contribution in [0.2, 0.25) is 0 Å². The van der Waals surface area contributed by atoms with E-state index in [0.29, 0.717) is 11.1 Å². The van der Waals surface area contributed by atoms with Gasteiger partial charge in [-0.25, -0.2) is 4.79 Å². The van der Waals surface area contributed by atoms with Gasteiger partial charge in [-0.05, 0) is 23.2 Å². The van der Waals surface area contributed by atoms with Crippen LogP contribution in [0.3, 0.4) is 0 Å². The van der Waals surface area contributed by atoms with Crippen LogP contribution < -0.4 is 5.73 Å². The normalized spacial score (nSPS) is 12.9. The van der Waals surface area contributed by atoms with Crippen molar-refractivity contribution >= 4 is 11.9 Å². The predicted molar refractivity (Wildman–Crippen MR) is 69.7 cm³/mol. The van der Waals surface area contributed by atoms with Crippen LogP contribution >= 0.6 is 0 Å². The molecule has 0 unspecified atom stereocenters. The van der Waals surface area contributed by atoms with E-state index in [1.807, 2.05) is 0 Å². The van der Waals surface area contributed by atoms with E-state index >= 15 is 0 Å². The summed E-state index contributed by atoms with van der Waals surface area (Å²) in [6.07, 6.45) is -1.07. The lowest BCUT2D eigenvalue weighted by Gasteiger charge is -2.20. The van der Waals surface area contributed by atoms with E-state index in [1.165, 1.54) is 38.5 Å².